The second kappa shape index (κ2) is 4.19. The second-order valence-corrected chi connectivity index (χ2v) is 5.71. The molecule has 1 heterocycles. The SMILES string of the molecule is CC1(C)CCCC(C)(C)N1CCCO. The minimum atomic E-state index is 0.302. The highest BCUT2D eigenvalue weighted by Gasteiger charge is 2.40. The van der Waals surface area contributed by atoms with Gasteiger partial charge in [-0.1, -0.05) is 0 Å². The number of rotatable bonds is 3. The van der Waals surface area contributed by atoms with E-state index < -0.39 is 0 Å². The molecule has 1 aliphatic heterocycles. The third-order valence-corrected chi connectivity index (χ3v) is 3.58. The fourth-order valence-electron chi connectivity index (χ4n) is 2.88. The van der Waals surface area contributed by atoms with Crippen LogP contribution in [0, 0.1) is 0 Å². The van der Waals surface area contributed by atoms with Crippen molar-refractivity contribution in [3.63, 3.8) is 0 Å². The van der Waals surface area contributed by atoms with Crippen LogP contribution in [0.25, 0.3) is 0 Å². The molecule has 14 heavy (non-hydrogen) atoms. The molecule has 1 rings (SSSR count). The van der Waals surface area contributed by atoms with Gasteiger partial charge in [-0.05, 0) is 53.4 Å². The van der Waals surface area contributed by atoms with Crippen molar-refractivity contribution in [2.75, 3.05) is 13.2 Å². The van der Waals surface area contributed by atoms with E-state index in [-0.39, 0.29) is 0 Å². The second-order valence-electron chi connectivity index (χ2n) is 5.71. The van der Waals surface area contributed by atoms with E-state index in [1.807, 2.05) is 0 Å². The van der Waals surface area contributed by atoms with E-state index in [2.05, 4.69) is 32.6 Å². The molecule has 1 fully saturated rings. The van der Waals surface area contributed by atoms with Gasteiger partial charge in [-0.3, -0.25) is 4.90 Å². The van der Waals surface area contributed by atoms with Gasteiger partial charge in [-0.25, -0.2) is 0 Å². The van der Waals surface area contributed by atoms with Gasteiger partial charge in [0.1, 0.15) is 0 Å². The molecular formula is C12H25NO. The Morgan fingerprint density at radius 1 is 1.07 bits per heavy atom. The molecule has 0 radical (unpaired) electrons. The zero-order chi connectivity index (χ0) is 10.8. The quantitative estimate of drug-likeness (QED) is 0.754. The normalized spacial score (nSPS) is 26.4. The summed E-state index contributed by atoms with van der Waals surface area (Å²) >= 11 is 0. The van der Waals surface area contributed by atoms with Crippen molar-refractivity contribution in [2.24, 2.45) is 0 Å². The molecule has 0 unspecified atom stereocenters. The van der Waals surface area contributed by atoms with E-state index in [1.165, 1.54) is 19.3 Å². The summed E-state index contributed by atoms with van der Waals surface area (Å²) in [5.41, 5.74) is 0.605. The maximum Gasteiger partial charge on any atom is 0.0443 e. The van der Waals surface area contributed by atoms with Gasteiger partial charge in [0, 0.05) is 24.2 Å². The number of piperidine rings is 1. The largest absolute Gasteiger partial charge is 0.396 e. The molecule has 0 spiro atoms. The number of likely N-dealkylation sites (tertiary alicyclic amines) is 1. The number of nitrogens with zero attached hydrogens (tertiary/aromatic N) is 1. The topological polar surface area (TPSA) is 23.5 Å². The first kappa shape index (κ1) is 12.0. The summed E-state index contributed by atoms with van der Waals surface area (Å²) in [6.45, 7) is 10.6. The van der Waals surface area contributed by atoms with Crippen molar-refractivity contribution in [2.45, 2.75) is 64.5 Å². The third kappa shape index (κ3) is 2.48. The first-order valence-corrected chi connectivity index (χ1v) is 5.79. The molecular weight excluding hydrogens is 174 g/mol. The van der Waals surface area contributed by atoms with Crippen LogP contribution in [0.2, 0.25) is 0 Å². The number of aliphatic hydroxyl groups excluding tert-OH is 1. The molecule has 1 saturated heterocycles. The van der Waals surface area contributed by atoms with Crippen LogP contribution in [0.15, 0.2) is 0 Å². The lowest BCUT2D eigenvalue weighted by atomic mass is 9.80. The Labute approximate surface area is 88.3 Å². The highest BCUT2D eigenvalue weighted by atomic mass is 16.3. The predicted molar refractivity (Wildman–Crippen MR) is 60.4 cm³/mol. The van der Waals surface area contributed by atoms with Gasteiger partial charge < -0.3 is 5.11 Å². The molecule has 1 aliphatic rings. The molecule has 0 aromatic carbocycles. The summed E-state index contributed by atoms with van der Waals surface area (Å²) in [5.74, 6) is 0. The zero-order valence-corrected chi connectivity index (χ0v) is 10.1. The maximum atomic E-state index is 8.91. The molecule has 84 valence electrons. The summed E-state index contributed by atoms with van der Waals surface area (Å²) in [7, 11) is 0. The molecule has 0 bridgehead atoms. The summed E-state index contributed by atoms with van der Waals surface area (Å²) in [5, 5.41) is 8.91. The van der Waals surface area contributed by atoms with E-state index in [0.717, 1.165) is 13.0 Å². The highest BCUT2D eigenvalue weighted by molar-refractivity contribution is 4.96. The Morgan fingerprint density at radius 2 is 1.57 bits per heavy atom. The Balaban J connectivity index is 2.70. The standard InChI is InChI=1S/C12H25NO/c1-11(2)7-5-8-12(3,4)13(11)9-6-10-14/h14H,5-10H2,1-4H3. The molecule has 2 nitrogen and oxygen atoms in total. The van der Waals surface area contributed by atoms with E-state index in [4.69, 9.17) is 5.11 Å². The monoisotopic (exact) mass is 199 g/mol. The van der Waals surface area contributed by atoms with Crippen molar-refractivity contribution in [1.29, 1.82) is 0 Å². The third-order valence-electron chi connectivity index (χ3n) is 3.58. The van der Waals surface area contributed by atoms with Crippen molar-refractivity contribution < 1.29 is 5.11 Å². The average molecular weight is 199 g/mol. The molecule has 0 saturated carbocycles. The fraction of sp³-hybridized carbons (Fsp3) is 1.00. The van der Waals surface area contributed by atoms with Gasteiger partial charge in [-0.2, -0.15) is 0 Å². The van der Waals surface area contributed by atoms with Crippen LogP contribution < -0.4 is 0 Å². The van der Waals surface area contributed by atoms with Crippen LogP contribution in [-0.4, -0.2) is 34.2 Å². The van der Waals surface area contributed by atoms with E-state index in [1.54, 1.807) is 0 Å². The summed E-state index contributed by atoms with van der Waals surface area (Å²) in [6, 6.07) is 0. The van der Waals surface area contributed by atoms with Gasteiger partial charge >= 0.3 is 0 Å². The lowest BCUT2D eigenvalue weighted by Gasteiger charge is -2.53. The summed E-state index contributed by atoms with van der Waals surface area (Å²) < 4.78 is 0. The molecule has 0 aromatic rings. The Bertz CT molecular complexity index is 171. The molecule has 0 atom stereocenters. The average Bonchev–Trinajstić information content (AvgIpc) is 2.01. The first-order valence-electron chi connectivity index (χ1n) is 5.79. The Hall–Kier alpha value is -0.0800. The van der Waals surface area contributed by atoms with Gasteiger partial charge in [0.25, 0.3) is 0 Å². The molecule has 0 amide bonds. The molecule has 0 aliphatic carbocycles. The van der Waals surface area contributed by atoms with Crippen LogP contribution in [0.3, 0.4) is 0 Å². The highest BCUT2D eigenvalue weighted by Crippen LogP contribution is 2.37. The van der Waals surface area contributed by atoms with Crippen molar-refractivity contribution >= 4 is 0 Å². The smallest absolute Gasteiger partial charge is 0.0443 e. The van der Waals surface area contributed by atoms with Gasteiger partial charge in [0.2, 0.25) is 0 Å². The van der Waals surface area contributed by atoms with Crippen molar-refractivity contribution in [3.05, 3.63) is 0 Å². The zero-order valence-electron chi connectivity index (χ0n) is 10.1. The lowest BCUT2D eigenvalue weighted by Crippen LogP contribution is -2.58. The summed E-state index contributed by atoms with van der Waals surface area (Å²) in [6.07, 6.45) is 4.78. The Kier molecular flexibility index (Phi) is 3.59. The van der Waals surface area contributed by atoms with Gasteiger partial charge in [0.05, 0.1) is 0 Å². The van der Waals surface area contributed by atoms with Crippen LogP contribution in [-0.2, 0) is 0 Å². The van der Waals surface area contributed by atoms with Crippen molar-refractivity contribution in [1.82, 2.24) is 4.90 Å². The maximum absolute atomic E-state index is 8.91. The lowest BCUT2D eigenvalue weighted by molar-refractivity contribution is -0.0296. The van der Waals surface area contributed by atoms with E-state index in [9.17, 15) is 0 Å². The first-order chi connectivity index (χ1) is 6.40. The minimum Gasteiger partial charge on any atom is -0.396 e. The van der Waals surface area contributed by atoms with Crippen molar-refractivity contribution in [3.8, 4) is 0 Å². The van der Waals surface area contributed by atoms with E-state index >= 15 is 0 Å². The van der Waals surface area contributed by atoms with Crippen LogP contribution in [0.1, 0.15) is 53.4 Å². The number of hydrogen-bond acceptors (Lipinski definition) is 2. The Morgan fingerprint density at radius 3 is 2.00 bits per heavy atom. The minimum absolute atomic E-state index is 0.302. The summed E-state index contributed by atoms with van der Waals surface area (Å²) in [4.78, 5) is 2.57. The van der Waals surface area contributed by atoms with E-state index in [0.29, 0.717) is 17.7 Å². The molecule has 0 aromatic heterocycles. The number of hydrogen-bond donors (Lipinski definition) is 1. The molecule has 1 N–H and O–H groups in total. The van der Waals surface area contributed by atoms with Gasteiger partial charge in [-0.15, -0.1) is 0 Å². The van der Waals surface area contributed by atoms with Crippen LogP contribution in [0.4, 0.5) is 0 Å². The number of aliphatic hydroxyl groups is 1. The molecule has 2 heteroatoms. The fourth-order valence-corrected chi connectivity index (χ4v) is 2.88. The van der Waals surface area contributed by atoms with Crippen LogP contribution in [0.5, 0.6) is 0 Å². The predicted octanol–water partition coefficient (Wildman–Crippen LogP) is 2.41. The van der Waals surface area contributed by atoms with Gasteiger partial charge in [0.15, 0.2) is 0 Å². The van der Waals surface area contributed by atoms with Crippen LogP contribution >= 0.6 is 0 Å².